The molecule has 0 aromatic heterocycles. The molecule has 2 N–H and O–H groups in total. The molecule has 1 aromatic carbocycles. The lowest BCUT2D eigenvalue weighted by Crippen LogP contribution is -2.27. The molecule has 2 heteroatoms. The Bertz CT molecular complexity index is 350. The van der Waals surface area contributed by atoms with Crippen LogP contribution >= 0.6 is 0 Å². The molecule has 0 aliphatic rings. The van der Waals surface area contributed by atoms with Gasteiger partial charge in [-0.3, -0.25) is 0 Å². The fraction of sp³-hybridized carbons (Fsp3) is 0.333. The maximum Gasteiger partial charge on any atom is 0.0771 e. The zero-order valence-corrected chi connectivity index (χ0v) is 8.58. The van der Waals surface area contributed by atoms with Crippen molar-refractivity contribution in [3.63, 3.8) is 0 Å². The fourth-order valence-electron chi connectivity index (χ4n) is 1.49. The first-order valence-electron chi connectivity index (χ1n) is 4.49. The highest BCUT2D eigenvalue weighted by Crippen LogP contribution is 2.25. The summed E-state index contributed by atoms with van der Waals surface area (Å²) in [7, 11) is 0. The second kappa shape index (κ2) is 4.28. The van der Waals surface area contributed by atoms with Crippen LogP contribution in [-0.4, -0.2) is 6.61 Å². The Labute approximate surface area is 85.0 Å². The van der Waals surface area contributed by atoms with Crippen molar-refractivity contribution >= 4 is 0 Å². The van der Waals surface area contributed by atoms with Crippen LogP contribution in [0.15, 0.2) is 24.3 Å². The number of hydrogen-bond donors (Lipinski definition) is 1. The van der Waals surface area contributed by atoms with Gasteiger partial charge in [-0.2, -0.15) is 0 Å². The van der Waals surface area contributed by atoms with Gasteiger partial charge in [0.2, 0.25) is 0 Å². The Morgan fingerprint density at radius 3 is 2.64 bits per heavy atom. The highest BCUT2D eigenvalue weighted by molar-refractivity contribution is 5.43. The van der Waals surface area contributed by atoms with E-state index < -0.39 is 0 Å². The zero-order valence-electron chi connectivity index (χ0n) is 8.58. The van der Waals surface area contributed by atoms with Crippen molar-refractivity contribution in [3.8, 4) is 12.3 Å². The average Bonchev–Trinajstić information content (AvgIpc) is 2.18. The minimum absolute atomic E-state index is 0.155. The summed E-state index contributed by atoms with van der Waals surface area (Å²) in [6.45, 7) is 4.55. The predicted molar refractivity (Wildman–Crippen MR) is 57.5 cm³/mol. The number of hydrogen-bond acceptors (Lipinski definition) is 2. The first-order valence-corrected chi connectivity index (χ1v) is 4.49. The second-order valence-electron chi connectivity index (χ2n) is 3.88. The SMILES string of the molecule is C#Cc1ccccc1C(C)(C)CON. The molecular formula is C12H15NO. The topological polar surface area (TPSA) is 35.2 Å². The van der Waals surface area contributed by atoms with Crippen LogP contribution in [0.3, 0.4) is 0 Å². The van der Waals surface area contributed by atoms with Gasteiger partial charge in [-0.1, -0.05) is 38.0 Å². The molecule has 0 amide bonds. The van der Waals surface area contributed by atoms with Gasteiger partial charge in [-0.05, 0) is 11.6 Å². The molecule has 14 heavy (non-hydrogen) atoms. The van der Waals surface area contributed by atoms with E-state index in [9.17, 15) is 0 Å². The molecule has 1 rings (SSSR count). The molecule has 0 atom stereocenters. The van der Waals surface area contributed by atoms with Crippen molar-refractivity contribution in [2.45, 2.75) is 19.3 Å². The molecule has 0 saturated heterocycles. The van der Waals surface area contributed by atoms with Crippen LogP contribution in [0.1, 0.15) is 25.0 Å². The van der Waals surface area contributed by atoms with Gasteiger partial charge in [0.05, 0.1) is 6.61 Å². The minimum Gasteiger partial charge on any atom is -0.304 e. The number of benzene rings is 1. The Kier molecular flexibility index (Phi) is 3.29. The summed E-state index contributed by atoms with van der Waals surface area (Å²) in [5.41, 5.74) is 1.83. The summed E-state index contributed by atoms with van der Waals surface area (Å²) in [6.07, 6.45) is 5.42. The van der Waals surface area contributed by atoms with Gasteiger partial charge in [0.1, 0.15) is 0 Å². The summed E-state index contributed by atoms with van der Waals surface area (Å²) >= 11 is 0. The van der Waals surface area contributed by atoms with Crippen molar-refractivity contribution in [2.75, 3.05) is 6.61 Å². The average molecular weight is 189 g/mol. The molecule has 0 radical (unpaired) electrons. The Morgan fingerprint density at radius 1 is 1.43 bits per heavy atom. The van der Waals surface area contributed by atoms with Crippen LogP contribution in [0.2, 0.25) is 0 Å². The summed E-state index contributed by atoms with van der Waals surface area (Å²) in [5, 5.41) is 0. The predicted octanol–water partition coefficient (Wildman–Crippen LogP) is 1.84. The lowest BCUT2D eigenvalue weighted by Gasteiger charge is -2.24. The van der Waals surface area contributed by atoms with Gasteiger partial charge in [0.15, 0.2) is 0 Å². The summed E-state index contributed by atoms with van der Waals surface area (Å²) in [4.78, 5) is 4.69. The monoisotopic (exact) mass is 189 g/mol. The van der Waals surface area contributed by atoms with Crippen molar-refractivity contribution in [1.29, 1.82) is 0 Å². The van der Waals surface area contributed by atoms with Gasteiger partial charge in [0.25, 0.3) is 0 Å². The summed E-state index contributed by atoms with van der Waals surface area (Å²) < 4.78 is 0. The van der Waals surface area contributed by atoms with E-state index in [1.165, 1.54) is 0 Å². The Hall–Kier alpha value is -1.30. The van der Waals surface area contributed by atoms with E-state index in [4.69, 9.17) is 17.2 Å². The van der Waals surface area contributed by atoms with E-state index >= 15 is 0 Å². The molecule has 74 valence electrons. The molecule has 0 aliphatic heterocycles. The van der Waals surface area contributed by atoms with Crippen LogP contribution in [0.4, 0.5) is 0 Å². The molecule has 1 aromatic rings. The molecule has 2 nitrogen and oxygen atoms in total. The van der Waals surface area contributed by atoms with Crippen LogP contribution in [-0.2, 0) is 10.3 Å². The van der Waals surface area contributed by atoms with Crippen LogP contribution < -0.4 is 5.90 Å². The van der Waals surface area contributed by atoms with Crippen molar-refractivity contribution in [3.05, 3.63) is 35.4 Å². The Morgan fingerprint density at radius 2 is 2.07 bits per heavy atom. The maximum atomic E-state index is 5.42. The van der Waals surface area contributed by atoms with Gasteiger partial charge >= 0.3 is 0 Å². The third-order valence-electron chi connectivity index (χ3n) is 2.26. The van der Waals surface area contributed by atoms with E-state index in [1.54, 1.807) is 0 Å². The first-order chi connectivity index (χ1) is 6.61. The van der Waals surface area contributed by atoms with E-state index in [0.717, 1.165) is 11.1 Å². The number of nitrogens with two attached hydrogens (primary N) is 1. The first kappa shape index (κ1) is 10.8. The smallest absolute Gasteiger partial charge is 0.0771 e. The molecule has 0 saturated carbocycles. The zero-order chi connectivity index (χ0) is 10.6. The molecule has 0 heterocycles. The van der Waals surface area contributed by atoms with Gasteiger partial charge in [-0.25, -0.2) is 5.90 Å². The molecule has 0 fully saturated rings. The third kappa shape index (κ3) is 2.14. The highest BCUT2D eigenvalue weighted by atomic mass is 16.6. The standard InChI is InChI=1S/C12H15NO/c1-4-10-7-5-6-8-11(10)12(2,3)9-14-13/h1,5-8H,9,13H2,2-3H3. The molecule has 0 unspecified atom stereocenters. The normalized spacial score (nSPS) is 11.0. The van der Waals surface area contributed by atoms with Gasteiger partial charge in [0, 0.05) is 11.0 Å². The van der Waals surface area contributed by atoms with Gasteiger partial charge < -0.3 is 4.84 Å². The van der Waals surface area contributed by atoms with E-state index in [0.29, 0.717) is 6.61 Å². The molecule has 0 bridgehead atoms. The van der Waals surface area contributed by atoms with Crippen molar-refractivity contribution in [2.24, 2.45) is 5.90 Å². The van der Waals surface area contributed by atoms with Crippen LogP contribution in [0.5, 0.6) is 0 Å². The van der Waals surface area contributed by atoms with E-state index in [-0.39, 0.29) is 5.41 Å². The lowest BCUT2D eigenvalue weighted by atomic mass is 9.83. The van der Waals surface area contributed by atoms with Crippen molar-refractivity contribution < 1.29 is 4.84 Å². The summed E-state index contributed by atoms with van der Waals surface area (Å²) in [5.74, 6) is 7.76. The number of rotatable bonds is 3. The largest absolute Gasteiger partial charge is 0.304 e. The quantitative estimate of drug-likeness (QED) is 0.581. The van der Waals surface area contributed by atoms with Crippen LogP contribution in [0, 0.1) is 12.3 Å². The van der Waals surface area contributed by atoms with Gasteiger partial charge in [-0.15, -0.1) is 6.42 Å². The fourth-order valence-corrected chi connectivity index (χ4v) is 1.49. The van der Waals surface area contributed by atoms with E-state index in [2.05, 4.69) is 19.8 Å². The van der Waals surface area contributed by atoms with Crippen molar-refractivity contribution in [1.82, 2.24) is 0 Å². The Balaban J connectivity index is 3.12. The van der Waals surface area contributed by atoms with Crippen LogP contribution in [0.25, 0.3) is 0 Å². The number of terminal acetylenes is 1. The second-order valence-corrected chi connectivity index (χ2v) is 3.88. The van der Waals surface area contributed by atoms with E-state index in [1.807, 2.05) is 24.3 Å². The third-order valence-corrected chi connectivity index (χ3v) is 2.26. The maximum absolute atomic E-state index is 5.42. The molecular weight excluding hydrogens is 174 g/mol. The summed E-state index contributed by atoms with van der Waals surface area (Å²) in [6, 6.07) is 7.83. The molecule has 0 spiro atoms. The highest BCUT2D eigenvalue weighted by Gasteiger charge is 2.22. The minimum atomic E-state index is -0.155. The molecule has 0 aliphatic carbocycles. The lowest BCUT2D eigenvalue weighted by molar-refractivity contribution is 0.0963.